The van der Waals surface area contributed by atoms with Crippen LogP contribution >= 0.6 is 11.3 Å². The Labute approximate surface area is 120 Å². The highest BCUT2D eigenvalue weighted by molar-refractivity contribution is 7.10. The smallest absolute Gasteiger partial charge is 0.245 e. The summed E-state index contributed by atoms with van der Waals surface area (Å²) in [6.07, 6.45) is 1.77. The lowest BCUT2D eigenvalue weighted by Gasteiger charge is -2.03. The summed E-state index contributed by atoms with van der Waals surface area (Å²) in [5, 5.41) is 15.4. The van der Waals surface area contributed by atoms with Crippen LogP contribution in [0.4, 0.5) is 0 Å². The van der Waals surface area contributed by atoms with Crippen molar-refractivity contribution in [1.82, 2.24) is 5.43 Å². The van der Waals surface area contributed by atoms with Gasteiger partial charge in [-0.05, 0) is 35.2 Å². The highest BCUT2D eigenvalue weighted by atomic mass is 32.1. The second kappa shape index (κ2) is 6.72. The number of carbonyl (C=O) groups excluding carboxylic acids is 1. The van der Waals surface area contributed by atoms with Gasteiger partial charge in [0.2, 0.25) is 5.91 Å². The molecule has 0 atom stereocenters. The van der Waals surface area contributed by atoms with Crippen molar-refractivity contribution >= 4 is 23.5 Å². The standard InChI is InChI=1S/C14H14N2O3S/c1-19-13-5-4-10(7-12(13)17)9-15-16-14(18)8-11-3-2-6-20-11/h2-7,9,17H,8H2,1H3,(H,16,18)/b15-9+. The van der Waals surface area contributed by atoms with Gasteiger partial charge < -0.3 is 9.84 Å². The summed E-state index contributed by atoms with van der Waals surface area (Å²) >= 11 is 1.53. The average molecular weight is 290 g/mol. The number of hydrogen-bond donors (Lipinski definition) is 2. The summed E-state index contributed by atoms with van der Waals surface area (Å²) < 4.78 is 4.94. The minimum absolute atomic E-state index is 0.0290. The van der Waals surface area contributed by atoms with Crippen LogP contribution in [0, 0.1) is 0 Å². The van der Waals surface area contributed by atoms with Crippen molar-refractivity contribution in [2.75, 3.05) is 7.11 Å². The van der Waals surface area contributed by atoms with Gasteiger partial charge in [-0.3, -0.25) is 4.79 Å². The predicted molar refractivity (Wildman–Crippen MR) is 78.4 cm³/mol. The van der Waals surface area contributed by atoms with Gasteiger partial charge >= 0.3 is 0 Å². The zero-order valence-corrected chi connectivity index (χ0v) is 11.7. The van der Waals surface area contributed by atoms with Crippen LogP contribution in [-0.4, -0.2) is 24.3 Å². The number of thiophene rings is 1. The predicted octanol–water partition coefficient (Wildman–Crippen LogP) is 2.16. The lowest BCUT2D eigenvalue weighted by Crippen LogP contribution is -2.19. The number of ether oxygens (including phenoxy) is 1. The van der Waals surface area contributed by atoms with Gasteiger partial charge in [0.25, 0.3) is 0 Å². The van der Waals surface area contributed by atoms with E-state index in [2.05, 4.69) is 10.5 Å². The number of rotatable bonds is 5. The van der Waals surface area contributed by atoms with E-state index < -0.39 is 0 Å². The van der Waals surface area contributed by atoms with Gasteiger partial charge in [-0.25, -0.2) is 5.43 Å². The topological polar surface area (TPSA) is 70.9 Å². The number of benzene rings is 1. The quantitative estimate of drug-likeness (QED) is 0.655. The first kappa shape index (κ1) is 14.1. The van der Waals surface area contributed by atoms with Crippen LogP contribution < -0.4 is 10.2 Å². The first-order chi connectivity index (χ1) is 9.69. The van der Waals surface area contributed by atoms with Crippen molar-refractivity contribution in [2.24, 2.45) is 5.10 Å². The first-order valence-electron chi connectivity index (χ1n) is 5.90. The maximum atomic E-state index is 11.6. The van der Waals surface area contributed by atoms with E-state index in [-0.39, 0.29) is 11.7 Å². The third kappa shape index (κ3) is 3.83. The van der Waals surface area contributed by atoms with Gasteiger partial charge in [0.1, 0.15) is 0 Å². The van der Waals surface area contributed by atoms with Crippen molar-refractivity contribution < 1.29 is 14.6 Å². The van der Waals surface area contributed by atoms with Gasteiger partial charge in [-0.2, -0.15) is 5.10 Å². The maximum Gasteiger partial charge on any atom is 0.245 e. The van der Waals surface area contributed by atoms with E-state index in [0.717, 1.165) is 4.88 Å². The minimum atomic E-state index is -0.179. The van der Waals surface area contributed by atoms with Crippen molar-refractivity contribution in [3.63, 3.8) is 0 Å². The fourth-order valence-corrected chi connectivity index (χ4v) is 2.28. The lowest BCUT2D eigenvalue weighted by molar-refractivity contribution is -0.120. The molecular formula is C14H14N2O3S. The van der Waals surface area contributed by atoms with Crippen LogP contribution in [0.5, 0.6) is 11.5 Å². The van der Waals surface area contributed by atoms with E-state index in [0.29, 0.717) is 17.7 Å². The lowest BCUT2D eigenvalue weighted by atomic mass is 10.2. The van der Waals surface area contributed by atoms with E-state index in [9.17, 15) is 9.90 Å². The molecule has 0 radical (unpaired) electrons. The molecule has 0 unspecified atom stereocenters. The second-order valence-electron chi connectivity index (χ2n) is 3.98. The fraction of sp³-hybridized carbons (Fsp3) is 0.143. The molecule has 0 saturated carbocycles. The third-order valence-corrected chi connectivity index (χ3v) is 3.40. The van der Waals surface area contributed by atoms with Crippen molar-refractivity contribution in [2.45, 2.75) is 6.42 Å². The number of nitrogens with zero attached hydrogens (tertiary/aromatic N) is 1. The molecule has 0 bridgehead atoms. The first-order valence-corrected chi connectivity index (χ1v) is 6.78. The molecule has 6 heteroatoms. The molecule has 2 N–H and O–H groups in total. The van der Waals surface area contributed by atoms with Crippen LogP contribution in [0.15, 0.2) is 40.8 Å². The van der Waals surface area contributed by atoms with Crippen LogP contribution in [0.25, 0.3) is 0 Å². The van der Waals surface area contributed by atoms with Crippen molar-refractivity contribution in [3.05, 3.63) is 46.2 Å². The van der Waals surface area contributed by atoms with E-state index in [1.165, 1.54) is 30.7 Å². The van der Waals surface area contributed by atoms with Gasteiger partial charge in [0.15, 0.2) is 11.5 Å². The number of phenolic OH excluding ortho intramolecular Hbond substituents is 1. The molecule has 2 rings (SSSR count). The Kier molecular flexibility index (Phi) is 4.73. The molecule has 0 fully saturated rings. The van der Waals surface area contributed by atoms with E-state index in [1.807, 2.05) is 17.5 Å². The molecule has 1 aromatic heterocycles. The maximum absolute atomic E-state index is 11.6. The van der Waals surface area contributed by atoms with Crippen LogP contribution in [0.1, 0.15) is 10.4 Å². The molecule has 0 saturated heterocycles. The van der Waals surface area contributed by atoms with E-state index in [1.54, 1.807) is 12.1 Å². The SMILES string of the molecule is COc1ccc(/C=N/NC(=O)Cc2cccs2)cc1O. The monoisotopic (exact) mass is 290 g/mol. The molecule has 1 amide bonds. The highest BCUT2D eigenvalue weighted by Gasteiger charge is 2.03. The highest BCUT2D eigenvalue weighted by Crippen LogP contribution is 2.25. The number of phenols is 1. The number of hydrogen-bond acceptors (Lipinski definition) is 5. The van der Waals surface area contributed by atoms with E-state index in [4.69, 9.17) is 4.74 Å². The Bertz CT molecular complexity index is 609. The van der Waals surface area contributed by atoms with Crippen LogP contribution in [0.3, 0.4) is 0 Å². The summed E-state index contributed by atoms with van der Waals surface area (Å²) in [5.41, 5.74) is 3.11. The number of amides is 1. The molecule has 2 aromatic rings. The van der Waals surface area contributed by atoms with Crippen molar-refractivity contribution in [3.8, 4) is 11.5 Å². The van der Waals surface area contributed by atoms with Gasteiger partial charge in [-0.15, -0.1) is 11.3 Å². The summed E-state index contributed by atoms with van der Waals surface area (Å²) in [6.45, 7) is 0. The number of nitrogens with one attached hydrogen (secondary N) is 1. The Morgan fingerprint density at radius 1 is 1.50 bits per heavy atom. The minimum Gasteiger partial charge on any atom is -0.504 e. The molecule has 0 spiro atoms. The third-order valence-electron chi connectivity index (χ3n) is 2.52. The second-order valence-corrected chi connectivity index (χ2v) is 5.01. The Morgan fingerprint density at radius 2 is 2.35 bits per heavy atom. The number of hydrazone groups is 1. The molecule has 0 aliphatic carbocycles. The van der Waals surface area contributed by atoms with Crippen LogP contribution in [0.2, 0.25) is 0 Å². The Morgan fingerprint density at radius 3 is 3.00 bits per heavy atom. The normalized spacial score (nSPS) is 10.7. The molecule has 104 valence electrons. The molecule has 5 nitrogen and oxygen atoms in total. The molecule has 20 heavy (non-hydrogen) atoms. The summed E-state index contributed by atoms with van der Waals surface area (Å²) in [4.78, 5) is 12.6. The Balaban J connectivity index is 1.89. The average Bonchev–Trinajstić information content (AvgIpc) is 2.92. The fourth-order valence-electron chi connectivity index (χ4n) is 1.58. The summed E-state index contributed by atoms with van der Waals surface area (Å²) in [7, 11) is 1.48. The van der Waals surface area contributed by atoms with Gasteiger partial charge in [-0.1, -0.05) is 6.07 Å². The van der Waals surface area contributed by atoms with E-state index >= 15 is 0 Å². The Hall–Kier alpha value is -2.34. The molecule has 1 heterocycles. The number of carbonyl (C=O) groups is 1. The van der Waals surface area contributed by atoms with Crippen LogP contribution in [-0.2, 0) is 11.2 Å². The zero-order chi connectivity index (χ0) is 14.4. The molecule has 1 aromatic carbocycles. The molecule has 0 aliphatic rings. The van der Waals surface area contributed by atoms with Gasteiger partial charge in [0, 0.05) is 4.88 Å². The van der Waals surface area contributed by atoms with Crippen molar-refractivity contribution in [1.29, 1.82) is 0 Å². The zero-order valence-electron chi connectivity index (χ0n) is 10.9. The van der Waals surface area contributed by atoms with Gasteiger partial charge in [0.05, 0.1) is 19.7 Å². The summed E-state index contributed by atoms with van der Waals surface area (Å²) in [5.74, 6) is 0.242. The molecular weight excluding hydrogens is 276 g/mol. The largest absolute Gasteiger partial charge is 0.504 e. The summed E-state index contributed by atoms with van der Waals surface area (Å²) in [6, 6.07) is 8.66. The molecule has 0 aliphatic heterocycles. The number of aromatic hydroxyl groups is 1. The number of methoxy groups -OCH3 is 1.